The van der Waals surface area contributed by atoms with Gasteiger partial charge in [0.05, 0.1) is 17.5 Å². The van der Waals surface area contributed by atoms with Crippen LogP contribution in [0.2, 0.25) is 0 Å². The number of fused-ring (bicyclic) bond motifs is 1. The Kier molecular flexibility index (Phi) is 4.27. The summed E-state index contributed by atoms with van der Waals surface area (Å²) in [4.78, 5) is 26.5. The van der Waals surface area contributed by atoms with E-state index in [9.17, 15) is 14.9 Å². The van der Waals surface area contributed by atoms with Crippen molar-refractivity contribution in [2.45, 2.75) is 36.1 Å². The van der Waals surface area contributed by atoms with E-state index in [4.69, 9.17) is 9.47 Å². The minimum Gasteiger partial charge on any atom is -0.454 e. The van der Waals surface area contributed by atoms with Crippen LogP contribution in [0.25, 0.3) is 0 Å². The fourth-order valence-corrected chi connectivity index (χ4v) is 6.87. The summed E-state index contributed by atoms with van der Waals surface area (Å²) < 4.78 is 12.0. The zero-order valence-electron chi connectivity index (χ0n) is 16.0. The highest BCUT2D eigenvalue weighted by Gasteiger charge is 2.69. The zero-order valence-corrected chi connectivity index (χ0v) is 18.4. The SMILES string of the molecule is CN1C(=O)C2(CC(C)(C#N)C(c3c(Br)ccc4c3OCO4)N2C)SC1(C)C=O. The summed E-state index contributed by atoms with van der Waals surface area (Å²) in [6, 6.07) is 5.69. The predicted octanol–water partition coefficient (Wildman–Crippen LogP) is 2.90. The molecule has 1 amide bonds. The molecule has 1 aromatic rings. The van der Waals surface area contributed by atoms with Crippen LogP contribution < -0.4 is 9.47 Å². The lowest BCUT2D eigenvalue weighted by molar-refractivity contribution is -0.138. The number of likely N-dealkylation sites (tertiary alicyclic amines) is 1. The average Bonchev–Trinajstić information content (AvgIpc) is 3.28. The second kappa shape index (κ2) is 6.12. The van der Waals surface area contributed by atoms with Gasteiger partial charge in [-0.15, -0.1) is 0 Å². The third kappa shape index (κ3) is 2.31. The zero-order chi connectivity index (χ0) is 20.5. The number of aldehydes is 1. The highest BCUT2D eigenvalue weighted by molar-refractivity contribution is 9.10. The fourth-order valence-electron chi connectivity index (χ4n) is 4.55. The molecule has 2 fully saturated rings. The maximum absolute atomic E-state index is 13.3. The number of rotatable bonds is 2. The summed E-state index contributed by atoms with van der Waals surface area (Å²) in [6.07, 6.45) is 1.09. The van der Waals surface area contributed by atoms with Crippen LogP contribution in [0.5, 0.6) is 11.5 Å². The number of ether oxygens (including phenoxy) is 2. The molecular weight excluding hydrogens is 446 g/mol. The van der Waals surface area contributed by atoms with E-state index in [1.54, 1.807) is 14.0 Å². The van der Waals surface area contributed by atoms with Crippen molar-refractivity contribution in [1.29, 1.82) is 5.26 Å². The molecule has 0 radical (unpaired) electrons. The molecule has 0 aliphatic carbocycles. The molecule has 2 saturated heterocycles. The topological polar surface area (TPSA) is 82.9 Å². The van der Waals surface area contributed by atoms with E-state index in [-0.39, 0.29) is 12.7 Å². The summed E-state index contributed by atoms with van der Waals surface area (Å²) in [5.41, 5.74) is -0.0927. The van der Waals surface area contributed by atoms with Gasteiger partial charge in [0.25, 0.3) is 5.91 Å². The number of likely N-dealkylation sites (N-methyl/N-ethyl adjacent to an activating group) is 2. The Hall–Kier alpha value is -1.76. The van der Waals surface area contributed by atoms with Crippen LogP contribution in [0.3, 0.4) is 0 Å². The van der Waals surface area contributed by atoms with E-state index in [0.717, 1.165) is 16.3 Å². The molecule has 3 aliphatic rings. The van der Waals surface area contributed by atoms with E-state index in [1.807, 2.05) is 31.0 Å². The Labute approximate surface area is 176 Å². The summed E-state index contributed by atoms with van der Waals surface area (Å²) in [7, 11) is 3.47. The first-order valence-corrected chi connectivity index (χ1v) is 10.4. The van der Waals surface area contributed by atoms with Crippen molar-refractivity contribution in [1.82, 2.24) is 9.80 Å². The molecule has 7 nitrogen and oxygen atoms in total. The molecule has 3 heterocycles. The molecule has 9 heteroatoms. The number of thioether (sulfide) groups is 1. The van der Waals surface area contributed by atoms with Crippen LogP contribution in [-0.2, 0) is 9.59 Å². The first kappa shape index (κ1) is 19.6. The van der Waals surface area contributed by atoms with Gasteiger partial charge in [-0.2, -0.15) is 5.26 Å². The fraction of sp³-hybridized carbons (Fsp3) is 0.526. The van der Waals surface area contributed by atoms with Crippen molar-refractivity contribution in [2.75, 3.05) is 20.9 Å². The summed E-state index contributed by atoms with van der Waals surface area (Å²) >= 11 is 4.90. The number of hydrogen-bond donors (Lipinski definition) is 0. The van der Waals surface area contributed by atoms with Crippen LogP contribution in [0, 0.1) is 16.7 Å². The third-order valence-corrected chi connectivity index (χ3v) is 8.54. The second-order valence-electron chi connectivity index (χ2n) is 7.84. The molecule has 0 aromatic heterocycles. The lowest BCUT2D eigenvalue weighted by Crippen LogP contribution is -2.47. The van der Waals surface area contributed by atoms with Crippen molar-refractivity contribution < 1.29 is 19.1 Å². The van der Waals surface area contributed by atoms with Crippen molar-refractivity contribution in [3.8, 4) is 17.6 Å². The highest BCUT2D eigenvalue weighted by Crippen LogP contribution is 2.65. The molecule has 1 aromatic carbocycles. The molecular formula is C19H20BrN3O4S. The Bertz CT molecular complexity index is 936. The van der Waals surface area contributed by atoms with Gasteiger partial charge in [-0.1, -0.05) is 27.7 Å². The largest absolute Gasteiger partial charge is 0.454 e. The minimum absolute atomic E-state index is 0.114. The minimum atomic E-state index is -1.01. The summed E-state index contributed by atoms with van der Waals surface area (Å²) in [5, 5.41) is 10.1. The third-order valence-electron chi connectivity index (χ3n) is 6.12. The smallest absolute Gasteiger partial charge is 0.254 e. The highest BCUT2D eigenvalue weighted by atomic mass is 79.9. The van der Waals surface area contributed by atoms with Gasteiger partial charge in [-0.05, 0) is 33.0 Å². The number of amides is 1. The molecule has 28 heavy (non-hydrogen) atoms. The van der Waals surface area contributed by atoms with Gasteiger partial charge < -0.3 is 14.4 Å². The van der Waals surface area contributed by atoms with Gasteiger partial charge >= 0.3 is 0 Å². The summed E-state index contributed by atoms with van der Waals surface area (Å²) in [6.45, 7) is 3.70. The molecule has 3 aliphatic heterocycles. The van der Waals surface area contributed by atoms with Crippen molar-refractivity contribution >= 4 is 39.9 Å². The molecule has 4 unspecified atom stereocenters. The monoisotopic (exact) mass is 465 g/mol. The number of benzene rings is 1. The van der Waals surface area contributed by atoms with Gasteiger partial charge in [0, 0.05) is 23.5 Å². The van der Waals surface area contributed by atoms with E-state index in [0.29, 0.717) is 17.9 Å². The van der Waals surface area contributed by atoms with Gasteiger partial charge in [-0.3, -0.25) is 14.5 Å². The Morgan fingerprint density at radius 1 is 1.36 bits per heavy atom. The Morgan fingerprint density at radius 2 is 2.07 bits per heavy atom. The van der Waals surface area contributed by atoms with Crippen molar-refractivity contribution in [3.05, 3.63) is 22.2 Å². The summed E-state index contributed by atoms with van der Waals surface area (Å²) in [5.74, 6) is 1.04. The predicted molar refractivity (Wildman–Crippen MR) is 107 cm³/mol. The maximum atomic E-state index is 13.3. The number of hydrogen-bond acceptors (Lipinski definition) is 7. The molecule has 0 bridgehead atoms. The first-order chi connectivity index (χ1) is 13.1. The number of halogens is 1. The molecule has 4 atom stereocenters. The first-order valence-electron chi connectivity index (χ1n) is 8.80. The lowest BCUT2D eigenvalue weighted by Gasteiger charge is -2.34. The average molecular weight is 466 g/mol. The van der Waals surface area contributed by atoms with Gasteiger partial charge in [0.15, 0.2) is 22.7 Å². The van der Waals surface area contributed by atoms with E-state index in [1.165, 1.54) is 16.7 Å². The molecule has 0 saturated carbocycles. The van der Waals surface area contributed by atoms with Crippen LogP contribution >= 0.6 is 27.7 Å². The van der Waals surface area contributed by atoms with Crippen LogP contribution in [0.15, 0.2) is 16.6 Å². The molecule has 1 spiro atoms. The van der Waals surface area contributed by atoms with Gasteiger partial charge in [0.1, 0.15) is 4.87 Å². The normalized spacial score (nSPS) is 36.9. The van der Waals surface area contributed by atoms with E-state index >= 15 is 0 Å². The van der Waals surface area contributed by atoms with Gasteiger partial charge in [-0.25, -0.2) is 0 Å². The molecule has 4 rings (SSSR count). The van der Waals surface area contributed by atoms with Gasteiger partial charge in [0.2, 0.25) is 6.79 Å². The van der Waals surface area contributed by atoms with Crippen molar-refractivity contribution in [3.63, 3.8) is 0 Å². The maximum Gasteiger partial charge on any atom is 0.254 e. The number of nitriles is 1. The molecule has 0 N–H and O–H groups in total. The number of carbonyl (C=O) groups is 2. The van der Waals surface area contributed by atoms with E-state index in [2.05, 4.69) is 22.0 Å². The lowest BCUT2D eigenvalue weighted by atomic mass is 9.79. The van der Waals surface area contributed by atoms with Crippen LogP contribution in [0.1, 0.15) is 31.9 Å². The second-order valence-corrected chi connectivity index (χ2v) is 10.4. The number of nitrogens with zero attached hydrogens (tertiary/aromatic N) is 3. The Balaban J connectivity index is 1.90. The number of carbonyl (C=O) groups excluding carboxylic acids is 2. The Morgan fingerprint density at radius 3 is 2.68 bits per heavy atom. The molecule has 148 valence electrons. The van der Waals surface area contributed by atoms with Crippen LogP contribution in [-0.4, -0.2) is 52.6 Å². The van der Waals surface area contributed by atoms with Crippen LogP contribution in [0.4, 0.5) is 0 Å². The van der Waals surface area contributed by atoms with Crippen molar-refractivity contribution in [2.24, 2.45) is 5.41 Å². The van der Waals surface area contributed by atoms with E-state index < -0.39 is 21.2 Å². The standard InChI is InChI=1S/C19H20BrN3O4S/c1-17(8-21)7-19(16(25)23(4)18(2,9-24)28-19)22(3)15(17)13-11(20)5-6-12-14(13)27-10-26-12/h5-6,9,15H,7,10H2,1-4H3. The quantitative estimate of drug-likeness (QED) is 0.620.